The van der Waals surface area contributed by atoms with Gasteiger partial charge >= 0.3 is 18.0 Å². The summed E-state index contributed by atoms with van der Waals surface area (Å²) in [6.45, 7) is 4.95. The maximum Gasteiger partial charge on any atom is 0.337 e. The number of ketones is 1. The van der Waals surface area contributed by atoms with E-state index in [2.05, 4.69) is 5.32 Å². The number of nitrogens with two attached hydrogens (primary N) is 1. The molecule has 11 heteroatoms. The number of primary amides is 1. The van der Waals surface area contributed by atoms with Crippen molar-refractivity contribution in [2.45, 2.75) is 51.3 Å². The highest BCUT2D eigenvalue weighted by Crippen LogP contribution is 2.50. The molecule has 224 valence electrons. The van der Waals surface area contributed by atoms with Crippen LogP contribution in [-0.4, -0.2) is 46.8 Å². The zero-order valence-corrected chi connectivity index (χ0v) is 23.9. The second-order valence-corrected chi connectivity index (χ2v) is 11.2. The summed E-state index contributed by atoms with van der Waals surface area (Å²) < 4.78 is 21.4. The quantitative estimate of drug-likeness (QED) is 0.180. The van der Waals surface area contributed by atoms with Crippen LogP contribution in [0.4, 0.5) is 20.6 Å². The smallest absolute Gasteiger partial charge is 0.337 e. The molecule has 10 nitrogen and oxygen atoms in total. The van der Waals surface area contributed by atoms with Gasteiger partial charge in [0.2, 0.25) is 0 Å². The highest BCUT2D eigenvalue weighted by molar-refractivity contribution is 6.06. The lowest BCUT2D eigenvalue weighted by Gasteiger charge is -2.36. The Morgan fingerprint density at radius 3 is 2.28 bits per heavy atom. The second kappa shape index (κ2) is 12.4. The zero-order valence-electron chi connectivity index (χ0n) is 23.9. The number of benzene rings is 3. The average molecular weight is 590 g/mol. The molecular formula is C32H32FN3O7. The minimum absolute atomic E-state index is 0.0185. The molecule has 1 aliphatic heterocycles. The number of hydrogen-bond donors (Lipinski definition) is 3. The fourth-order valence-corrected chi connectivity index (χ4v) is 5.49. The third-order valence-corrected chi connectivity index (χ3v) is 7.10. The van der Waals surface area contributed by atoms with Gasteiger partial charge in [-0.2, -0.15) is 0 Å². The van der Waals surface area contributed by atoms with Gasteiger partial charge in [-0.3, -0.25) is 4.79 Å². The molecule has 1 saturated heterocycles. The van der Waals surface area contributed by atoms with E-state index in [1.807, 2.05) is 0 Å². The molecule has 0 bridgehead atoms. The summed E-state index contributed by atoms with van der Waals surface area (Å²) in [4.78, 5) is 65.7. The van der Waals surface area contributed by atoms with E-state index in [9.17, 15) is 29.1 Å². The number of ether oxygens (including phenoxy) is 1. The summed E-state index contributed by atoms with van der Waals surface area (Å²) in [6.07, 6.45) is 0.135. The Labute approximate surface area is 247 Å². The van der Waals surface area contributed by atoms with Crippen LogP contribution in [-0.2, 0) is 20.7 Å². The molecule has 4 rings (SSSR count). The van der Waals surface area contributed by atoms with Crippen molar-refractivity contribution in [1.29, 1.82) is 0 Å². The first kappa shape index (κ1) is 30.9. The number of anilines is 2. The standard InChI is InChI=1S/C32H32FN3O7/c1-32(2,3)43-30(41)24-17-22(28(38)19-9-5-4-6-10-19)26(20-11-7-8-12-23(20)33)36(24)27-21(29(39)40)14-13-18(15-16-37)25(27)35-31(34)42/h4-14,16,22,24,26H,15,17H2,1-3H3,(H,39,40)(H3,34,35,42). The SMILES string of the molecule is CC(C)(C)OC(=O)C1CC(C(=O)c2ccccc2)C(c2ccccc2F)N1c1c(C(=O)O)ccc(CC=O)c1NC(N)=O. The minimum Gasteiger partial charge on any atom is -0.478 e. The first-order valence-electron chi connectivity index (χ1n) is 13.6. The molecule has 3 atom stereocenters. The number of carbonyl (C=O) groups is 5. The van der Waals surface area contributed by atoms with Crippen LogP contribution in [0.15, 0.2) is 66.7 Å². The lowest BCUT2D eigenvalue weighted by molar-refractivity contribution is -0.156. The van der Waals surface area contributed by atoms with Gasteiger partial charge in [0.05, 0.1) is 23.0 Å². The van der Waals surface area contributed by atoms with Crippen LogP contribution in [0.2, 0.25) is 0 Å². The number of nitrogens with one attached hydrogen (secondary N) is 1. The van der Waals surface area contributed by atoms with E-state index >= 15 is 4.39 Å². The Bertz CT molecular complexity index is 1570. The Kier molecular flexibility index (Phi) is 8.93. The van der Waals surface area contributed by atoms with Crippen LogP contribution in [0.5, 0.6) is 0 Å². The van der Waals surface area contributed by atoms with E-state index in [4.69, 9.17) is 10.5 Å². The van der Waals surface area contributed by atoms with Gasteiger partial charge in [0.25, 0.3) is 0 Å². The summed E-state index contributed by atoms with van der Waals surface area (Å²) in [6, 6.07) is 12.9. The Morgan fingerprint density at radius 2 is 1.70 bits per heavy atom. The number of Topliss-reactive ketones (excluding diaryl/α,β-unsaturated/α-hetero) is 1. The van der Waals surface area contributed by atoms with Crippen molar-refractivity contribution in [3.05, 3.63) is 94.8 Å². The number of aldehydes is 1. The van der Waals surface area contributed by atoms with Gasteiger partial charge in [-0.1, -0.05) is 54.6 Å². The van der Waals surface area contributed by atoms with E-state index in [0.29, 0.717) is 11.8 Å². The summed E-state index contributed by atoms with van der Waals surface area (Å²) in [5.74, 6) is -4.39. The molecule has 4 N–H and O–H groups in total. The average Bonchev–Trinajstić information content (AvgIpc) is 3.33. The third-order valence-electron chi connectivity index (χ3n) is 7.10. The zero-order chi connectivity index (χ0) is 31.5. The molecule has 3 aromatic carbocycles. The minimum atomic E-state index is -1.44. The van der Waals surface area contributed by atoms with Gasteiger partial charge in [0.1, 0.15) is 23.7 Å². The maximum absolute atomic E-state index is 15.6. The molecule has 0 aliphatic carbocycles. The van der Waals surface area contributed by atoms with E-state index in [0.717, 1.165) is 0 Å². The normalized spacial score (nSPS) is 18.1. The van der Waals surface area contributed by atoms with Crippen LogP contribution in [0.25, 0.3) is 0 Å². The van der Waals surface area contributed by atoms with Crippen molar-refractivity contribution < 1.29 is 38.2 Å². The molecule has 43 heavy (non-hydrogen) atoms. The molecule has 0 radical (unpaired) electrons. The molecule has 1 fully saturated rings. The fourth-order valence-electron chi connectivity index (χ4n) is 5.49. The molecule has 3 aromatic rings. The van der Waals surface area contributed by atoms with Crippen LogP contribution in [0, 0.1) is 11.7 Å². The second-order valence-electron chi connectivity index (χ2n) is 11.2. The topological polar surface area (TPSA) is 156 Å². The van der Waals surface area contributed by atoms with Gasteiger partial charge in [-0.15, -0.1) is 0 Å². The number of carboxylic acid groups (broad SMARTS) is 1. The first-order valence-corrected chi connectivity index (χ1v) is 13.6. The van der Waals surface area contributed by atoms with Crippen molar-refractivity contribution in [2.75, 3.05) is 10.2 Å². The summed E-state index contributed by atoms with van der Waals surface area (Å²) in [5, 5.41) is 12.7. The highest BCUT2D eigenvalue weighted by Gasteiger charge is 2.52. The molecule has 1 aliphatic rings. The van der Waals surface area contributed by atoms with Crippen molar-refractivity contribution >= 4 is 41.4 Å². The molecule has 2 amide bonds. The van der Waals surface area contributed by atoms with E-state index in [-0.39, 0.29) is 40.9 Å². The monoisotopic (exact) mass is 589 g/mol. The largest absolute Gasteiger partial charge is 0.478 e. The van der Waals surface area contributed by atoms with E-state index in [1.165, 1.54) is 35.2 Å². The first-order chi connectivity index (χ1) is 20.3. The van der Waals surface area contributed by atoms with Crippen LogP contribution in [0.3, 0.4) is 0 Å². The van der Waals surface area contributed by atoms with Gasteiger partial charge in [-0.25, -0.2) is 18.8 Å². The Morgan fingerprint density at radius 1 is 1.05 bits per heavy atom. The van der Waals surface area contributed by atoms with Crippen LogP contribution in [0.1, 0.15) is 65.1 Å². The predicted octanol–water partition coefficient (Wildman–Crippen LogP) is 4.92. The Hall–Kier alpha value is -5.06. The molecule has 3 unspecified atom stereocenters. The number of halogens is 1. The number of carbonyl (C=O) groups excluding carboxylic acids is 4. The number of amides is 2. The van der Waals surface area contributed by atoms with Gasteiger partial charge < -0.3 is 30.6 Å². The van der Waals surface area contributed by atoms with E-state index < -0.39 is 53.2 Å². The lowest BCUT2D eigenvalue weighted by atomic mass is 9.86. The number of aromatic carboxylic acids is 1. The number of rotatable bonds is 9. The number of nitrogens with zero attached hydrogens (tertiary/aromatic N) is 1. The van der Waals surface area contributed by atoms with Crippen LogP contribution >= 0.6 is 0 Å². The molecule has 0 spiro atoms. The molecule has 1 heterocycles. The van der Waals surface area contributed by atoms with Crippen molar-refractivity contribution in [2.24, 2.45) is 11.7 Å². The number of carboxylic acids is 1. The van der Waals surface area contributed by atoms with Crippen molar-refractivity contribution in [3.63, 3.8) is 0 Å². The van der Waals surface area contributed by atoms with Gasteiger partial charge in [0.15, 0.2) is 5.78 Å². The molecule has 0 saturated carbocycles. The maximum atomic E-state index is 15.6. The number of esters is 1. The summed E-state index contributed by atoms with van der Waals surface area (Å²) >= 11 is 0. The molecular weight excluding hydrogens is 557 g/mol. The molecule has 0 aromatic heterocycles. The third kappa shape index (κ3) is 6.56. The lowest BCUT2D eigenvalue weighted by Crippen LogP contribution is -2.43. The van der Waals surface area contributed by atoms with Crippen molar-refractivity contribution in [3.8, 4) is 0 Å². The van der Waals surface area contributed by atoms with Gasteiger partial charge in [-0.05, 0) is 44.9 Å². The van der Waals surface area contributed by atoms with Crippen molar-refractivity contribution in [1.82, 2.24) is 0 Å². The fraction of sp³-hybridized carbons (Fsp3) is 0.281. The summed E-state index contributed by atoms with van der Waals surface area (Å²) in [7, 11) is 0. The highest BCUT2D eigenvalue weighted by atomic mass is 19.1. The van der Waals surface area contributed by atoms with E-state index in [1.54, 1.807) is 57.2 Å². The Balaban J connectivity index is 2.09. The summed E-state index contributed by atoms with van der Waals surface area (Å²) in [5.41, 5.74) is 4.29. The van der Waals surface area contributed by atoms with Crippen LogP contribution < -0.4 is 16.0 Å². The predicted molar refractivity (Wildman–Crippen MR) is 157 cm³/mol. The van der Waals surface area contributed by atoms with Gasteiger partial charge in [0, 0.05) is 23.5 Å². The number of hydrogen-bond acceptors (Lipinski definition) is 7. The number of urea groups is 1.